The van der Waals surface area contributed by atoms with Crippen LogP contribution in [0.2, 0.25) is 0 Å². The normalized spacial score (nSPS) is 17.0. The molecule has 2 atom stereocenters. The van der Waals surface area contributed by atoms with Gasteiger partial charge in [-0.25, -0.2) is 9.18 Å². The number of carbonyl (C=O) groups is 1. The van der Waals surface area contributed by atoms with Gasteiger partial charge in [-0.15, -0.1) is 0 Å². The summed E-state index contributed by atoms with van der Waals surface area (Å²) in [7, 11) is 0. The fraction of sp³-hybridized carbons (Fsp3) is 0.611. The molecule has 0 radical (unpaired) electrons. The molecule has 1 aliphatic heterocycles. The summed E-state index contributed by atoms with van der Waals surface area (Å²) >= 11 is 0. The number of hydrogen-bond acceptors (Lipinski definition) is 7. The molecule has 0 spiro atoms. The smallest absolute Gasteiger partial charge is 0.408 e. The molecule has 2 N–H and O–H groups in total. The monoisotopic (exact) mass is 399 g/mol. The molecule has 1 aliphatic rings. The molecule has 1 aromatic carbocycles. The molecule has 0 aliphatic carbocycles. The van der Waals surface area contributed by atoms with E-state index in [9.17, 15) is 24.4 Å². The first-order valence-corrected chi connectivity index (χ1v) is 8.97. The highest BCUT2D eigenvalue weighted by Crippen LogP contribution is 2.28. The van der Waals surface area contributed by atoms with Crippen molar-refractivity contribution in [2.45, 2.75) is 38.5 Å². The van der Waals surface area contributed by atoms with Crippen molar-refractivity contribution >= 4 is 11.8 Å². The number of alkyl carbamates (subject to hydrolysis) is 1. The molecule has 156 valence electrons. The number of anilines is 1. The molecule has 1 fully saturated rings. The van der Waals surface area contributed by atoms with E-state index in [0.717, 1.165) is 6.07 Å². The molecule has 0 bridgehead atoms. The van der Waals surface area contributed by atoms with Crippen LogP contribution in [-0.4, -0.2) is 60.6 Å². The van der Waals surface area contributed by atoms with Crippen molar-refractivity contribution in [3.8, 4) is 0 Å². The molecule has 10 heteroatoms. The first-order chi connectivity index (χ1) is 13.1. The first-order valence-electron chi connectivity index (χ1n) is 8.97. The molecule has 9 nitrogen and oxygen atoms in total. The van der Waals surface area contributed by atoms with Crippen molar-refractivity contribution in [1.29, 1.82) is 0 Å². The zero-order valence-corrected chi connectivity index (χ0v) is 16.2. The van der Waals surface area contributed by atoms with Crippen LogP contribution in [0.4, 0.5) is 14.9 Å². The van der Waals surface area contributed by atoms with Crippen molar-refractivity contribution < 1.29 is 28.7 Å². The number of hydrogen-bond donors (Lipinski definition) is 2. The van der Waals surface area contributed by atoms with Crippen LogP contribution in [0.3, 0.4) is 0 Å². The van der Waals surface area contributed by atoms with E-state index in [1.807, 2.05) is 4.90 Å². The van der Waals surface area contributed by atoms with E-state index in [-0.39, 0.29) is 5.56 Å². The molecule has 1 heterocycles. The van der Waals surface area contributed by atoms with E-state index in [1.165, 1.54) is 12.1 Å². The molecule has 0 aromatic heterocycles. The number of carbonyl (C=O) groups excluding carboxylic acids is 1. The highest BCUT2D eigenvalue weighted by atomic mass is 19.1. The Morgan fingerprint density at radius 2 is 2.07 bits per heavy atom. The Hall–Kier alpha value is -2.46. The van der Waals surface area contributed by atoms with Gasteiger partial charge in [-0.05, 0) is 38.5 Å². The summed E-state index contributed by atoms with van der Waals surface area (Å²) in [6.07, 6.45) is -3.88. The van der Waals surface area contributed by atoms with Gasteiger partial charge in [0.25, 0.3) is 0 Å². The second-order valence-corrected chi connectivity index (χ2v) is 7.59. The fourth-order valence-corrected chi connectivity index (χ4v) is 2.83. The van der Waals surface area contributed by atoms with Crippen LogP contribution in [0.25, 0.3) is 0 Å². The molecule has 1 amide bonds. The van der Waals surface area contributed by atoms with E-state index in [4.69, 9.17) is 9.47 Å². The lowest BCUT2D eigenvalue weighted by molar-refractivity contribution is -0.493. The molecule has 28 heavy (non-hydrogen) atoms. The van der Waals surface area contributed by atoms with E-state index in [0.29, 0.717) is 32.0 Å². The Balaban J connectivity index is 2.24. The van der Waals surface area contributed by atoms with Crippen LogP contribution >= 0.6 is 0 Å². The maximum Gasteiger partial charge on any atom is 0.408 e. The Morgan fingerprint density at radius 1 is 1.43 bits per heavy atom. The number of halogens is 1. The largest absolute Gasteiger partial charge is 0.438 e. The van der Waals surface area contributed by atoms with E-state index >= 15 is 0 Å². The number of ether oxygens (including phenoxy) is 2. The van der Waals surface area contributed by atoms with Crippen molar-refractivity contribution in [1.82, 2.24) is 5.32 Å². The van der Waals surface area contributed by atoms with Crippen LogP contribution in [0.5, 0.6) is 0 Å². The number of nitrogens with one attached hydrogen (secondary N) is 1. The molecular formula is C18H26FN3O6. The predicted molar refractivity (Wildman–Crippen MR) is 99.4 cm³/mol. The summed E-state index contributed by atoms with van der Waals surface area (Å²) in [5.41, 5.74) is -0.122. The lowest BCUT2D eigenvalue weighted by Gasteiger charge is -2.30. The molecule has 1 aromatic rings. The second kappa shape index (κ2) is 9.16. The predicted octanol–water partition coefficient (Wildman–Crippen LogP) is 1.87. The highest BCUT2D eigenvalue weighted by Gasteiger charge is 2.31. The third-order valence-electron chi connectivity index (χ3n) is 4.05. The van der Waals surface area contributed by atoms with Gasteiger partial charge in [0.1, 0.15) is 5.82 Å². The third kappa shape index (κ3) is 6.31. The van der Waals surface area contributed by atoms with Gasteiger partial charge in [-0.1, -0.05) is 6.07 Å². The second-order valence-electron chi connectivity index (χ2n) is 7.59. The van der Waals surface area contributed by atoms with Gasteiger partial charge in [-0.3, -0.25) is 10.1 Å². The topological polar surface area (TPSA) is 114 Å². The Morgan fingerprint density at radius 3 is 2.61 bits per heavy atom. The van der Waals surface area contributed by atoms with Gasteiger partial charge in [0.15, 0.2) is 12.2 Å². The van der Waals surface area contributed by atoms with Gasteiger partial charge < -0.3 is 24.8 Å². The molecule has 2 unspecified atom stereocenters. The number of nitrogens with zero attached hydrogens (tertiary/aromatic N) is 2. The summed E-state index contributed by atoms with van der Waals surface area (Å²) in [6.45, 7) is 6.39. The summed E-state index contributed by atoms with van der Waals surface area (Å²) in [4.78, 5) is 24.0. The van der Waals surface area contributed by atoms with Gasteiger partial charge in [0.2, 0.25) is 6.54 Å². The molecule has 0 saturated carbocycles. The quantitative estimate of drug-likeness (QED) is 0.554. The molecular weight excluding hydrogens is 373 g/mol. The van der Waals surface area contributed by atoms with Crippen LogP contribution in [0, 0.1) is 15.9 Å². The van der Waals surface area contributed by atoms with Crippen LogP contribution < -0.4 is 10.2 Å². The number of amides is 1. The summed E-state index contributed by atoms with van der Waals surface area (Å²) in [6, 6.07) is 4.13. The Bertz CT molecular complexity index is 703. The summed E-state index contributed by atoms with van der Waals surface area (Å²) in [5.74, 6) is -0.572. The number of nitro groups is 1. The maximum absolute atomic E-state index is 14.7. The minimum absolute atomic E-state index is 0.132. The lowest BCUT2D eigenvalue weighted by atomic mass is 10.0. The maximum atomic E-state index is 14.7. The van der Waals surface area contributed by atoms with Crippen molar-refractivity contribution in [2.24, 2.45) is 0 Å². The van der Waals surface area contributed by atoms with Crippen LogP contribution in [0.15, 0.2) is 18.2 Å². The number of morpholine rings is 1. The van der Waals surface area contributed by atoms with E-state index < -0.39 is 41.1 Å². The number of aliphatic hydroxyl groups excluding tert-OH is 1. The highest BCUT2D eigenvalue weighted by molar-refractivity contribution is 5.68. The van der Waals surface area contributed by atoms with Gasteiger partial charge in [0, 0.05) is 23.6 Å². The van der Waals surface area contributed by atoms with Gasteiger partial charge in [0.05, 0.1) is 18.9 Å². The van der Waals surface area contributed by atoms with Crippen molar-refractivity contribution in [2.75, 3.05) is 37.7 Å². The number of aliphatic hydroxyl groups is 1. The van der Waals surface area contributed by atoms with E-state index in [2.05, 4.69) is 5.32 Å². The lowest BCUT2D eigenvalue weighted by Crippen LogP contribution is -2.43. The Labute approximate surface area is 162 Å². The summed E-state index contributed by atoms with van der Waals surface area (Å²) < 4.78 is 25.1. The fourth-order valence-electron chi connectivity index (χ4n) is 2.83. The zero-order valence-electron chi connectivity index (χ0n) is 16.2. The number of benzene rings is 1. The molecule has 1 saturated heterocycles. The average Bonchev–Trinajstić information content (AvgIpc) is 2.58. The minimum Gasteiger partial charge on any atom is -0.438 e. The van der Waals surface area contributed by atoms with Crippen molar-refractivity contribution in [3.05, 3.63) is 39.7 Å². The van der Waals surface area contributed by atoms with Gasteiger partial charge >= 0.3 is 6.09 Å². The summed E-state index contributed by atoms with van der Waals surface area (Å²) in [5, 5.41) is 23.5. The third-order valence-corrected chi connectivity index (χ3v) is 4.05. The van der Waals surface area contributed by atoms with Crippen LogP contribution in [0.1, 0.15) is 32.4 Å². The number of rotatable bonds is 6. The van der Waals surface area contributed by atoms with E-state index in [1.54, 1.807) is 20.8 Å². The SMILES string of the molecule is CC(C)(C)NC(=O)OC(c1ccc(N2CCOCC2)c(F)c1)C(O)C[N+](=O)[O-]. The van der Waals surface area contributed by atoms with Gasteiger partial charge in [-0.2, -0.15) is 0 Å². The Kier molecular flexibility index (Phi) is 7.14. The van der Waals surface area contributed by atoms with Crippen LogP contribution in [-0.2, 0) is 9.47 Å². The molecule has 2 rings (SSSR count). The average molecular weight is 399 g/mol. The van der Waals surface area contributed by atoms with Crippen molar-refractivity contribution in [3.63, 3.8) is 0 Å². The minimum atomic E-state index is -1.63. The standard InChI is InChI=1S/C18H26FN3O6/c1-18(2,3)20-17(24)28-16(15(23)11-22(25)26)12-4-5-14(13(19)10-12)21-6-8-27-9-7-21/h4-5,10,15-16,23H,6-9,11H2,1-3H3,(H,20,24). The first kappa shape index (κ1) is 21.8. The zero-order chi connectivity index (χ0) is 20.9.